The van der Waals surface area contributed by atoms with Crippen molar-refractivity contribution in [3.63, 3.8) is 0 Å². The first-order valence-electron chi connectivity index (χ1n) is 4.41. The molecule has 0 spiro atoms. The molecule has 1 rings (SSSR count). The monoisotopic (exact) mass is 474 g/mol. The molecule has 0 saturated heterocycles. The average molecular weight is 477 g/mol. The van der Waals surface area contributed by atoms with Gasteiger partial charge in [0.25, 0.3) is 5.56 Å². The summed E-state index contributed by atoms with van der Waals surface area (Å²) in [5, 5.41) is -1.02. The van der Waals surface area contributed by atoms with Crippen LogP contribution in [0.25, 0.3) is 0 Å². The van der Waals surface area contributed by atoms with Crippen LogP contribution in [0, 0.1) is 0 Å². The molecule has 0 aliphatic heterocycles. The lowest BCUT2D eigenvalue weighted by molar-refractivity contribution is 0.145. The number of benzene rings is 1. The molecule has 2 N–H and O–H groups in total. The maximum absolute atomic E-state index is 11.2. The third kappa shape index (κ3) is 4.87. The predicted octanol–water partition coefficient (Wildman–Crippen LogP) is 4.20. The molecule has 0 bridgehead atoms. The molecular weight excluding hydrogens is 473 g/mol. The topological polar surface area (TPSA) is 121 Å². The third-order valence-electron chi connectivity index (χ3n) is 1.95. The van der Waals surface area contributed by atoms with Gasteiger partial charge < -0.3 is 5.48 Å². The van der Waals surface area contributed by atoms with Gasteiger partial charge in [0, 0.05) is 0 Å². The van der Waals surface area contributed by atoms with Gasteiger partial charge >= 0.3 is 19.7 Å². The molecule has 15 heteroatoms. The summed E-state index contributed by atoms with van der Waals surface area (Å²) in [6, 6.07) is 0.961. The van der Waals surface area contributed by atoms with Crippen LogP contribution in [0.2, 0.25) is 20.1 Å². The molecule has 0 radical (unpaired) electrons. The molecular formula is C7H4Cl6O7S2. The highest BCUT2D eigenvalue weighted by Crippen LogP contribution is 2.45. The summed E-state index contributed by atoms with van der Waals surface area (Å²) in [7, 11) is -5.56. The third-order valence-corrected chi connectivity index (χ3v) is 7.22. The maximum atomic E-state index is 11.2. The minimum Gasteiger partial charge on any atom is -0.870 e. The van der Waals surface area contributed by atoms with Crippen LogP contribution >= 0.6 is 68.7 Å². The van der Waals surface area contributed by atoms with Crippen LogP contribution in [0.3, 0.4) is 0 Å². The van der Waals surface area contributed by atoms with Crippen LogP contribution < -0.4 is 0 Å². The predicted molar refractivity (Wildman–Crippen MR) is 84.4 cm³/mol. The smallest absolute Gasteiger partial charge is 0.547 e. The molecule has 0 aliphatic carbocycles. The molecule has 1 atom stereocenters. The van der Waals surface area contributed by atoms with Gasteiger partial charge in [0.15, 0.2) is 0 Å². The van der Waals surface area contributed by atoms with E-state index in [9.17, 15) is 16.8 Å². The lowest BCUT2D eigenvalue weighted by atomic mass is 10.2. The Morgan fingerprint density at radius 1 is 1.00 bits per heavy atom. The van der Waals surface area contributed by atoms with Crippen molar-refractivity contribution in [3.05, 3.63) is 31.7 Å². The fourth-order valence-corrected chi connectivity index (χ4v) is 5.24. The zero-order chi connectivity index (χ0) is 16.7. The summed E-state index contributed by atoms with van der Waals surface area (Å²) in [4.78, 5) is 0. The van der Waals surface area contributed by atoms with E-state index in [4.69, 9.17) is 73.2 Å². The average Bonchev–Trinajstić information content (AvgIpc) is 2.27. The van der Waals surface area contributed by atoms with E-state index in [1.807, 2.05) is 0 Å². The Kier molecular flexibility index (Phi) is 8.01. The summed E-state index contributed by atoms with van der Waals surface area (Å²) in [6.45, 7) is 0. The molecule has 0 saturated carbocycles. The van der Waals surface area contributed by atoms with Gasteiger partial charge in [-0.15, -0.1) is 20.1 Å². The first kappa shape index (κ1) is 22.7. The number of hydrogen-bond acceptors (Lipinski definition) is 5. The SMILES string of the molecule is O=S(=O)(O)[O+](C(Cl)c1cc(Cl)c(Cl)c(Cl)c1Cl)S(=O)(=O)Cl.[OH-]. The van der Waals surface area contributed by atoms with Crippen LogP contribution in [0.15, 0.2) is 6.07 Å². The molecule has 1 aromatic carbocycles. The van der Waals surface area contributed by atoms with Crippen LogP contribution in [-0.2, 0) is 23.0 Å². The molecule has 1 unspecified atom stereocenters. The van der Waals surface area contributed by atoms with Gasteiger partial charge in [-0.25, -0.2) is 4.55 Å². The fraction of sp³-hybridized carbons (Fsp3) is 0.143. The van der Waals surface area contributed by atoms with Crippen molar-refractivity contribution < 1.29 is 30.1 Å². The summed E-state index contributed by atoms with van der Waals surface area (Å²) in [6.07, 6.45) is 0. The largest absolute Gasteiger partial charge is 0.870 e. The fourth-order valence-electron chi connectivity index (χ4n) is 1.17. The number of halogens is 6. The van der Waals surface area contributed by atoms with Gasteiger partial charge in [-0.3, -0.25) is 0 Å². The first-order valence-corrected chi connectivity index (χ1v) is 9.96. The Hall–Kier alpha value is 0.740. The Morgan fingerprint density at radius 2 is 1.45 bits per heavy atom. The van der Waals surface area contributed by atoms with Gasteiger partial charge in [-0.1, -0.05) is 46.4 Å². The van der Waals surface area contributed by atoms with E-state index in [0.717, 1.165) is 6.07 Å². The number of hydrogen-bond donors (Lipinski definition) is 1. The Balaban J connectivity index is 0.00000441. The highest BCUT2D eigenvalue weighted by molar-refractivity contribution is 8.14. The van der Waals surface area contributed by atoms with E-state index < -0.39 is 25.3 Å². The van der Waals surface area contributed by atoms with E-state index in [0.29, 0.717) is 3.26 Å². The van der Waals surface area contributed by atoms with Gasteiger partial charge in [0.1, 0.15) is 10.7 Å². The lowest BCUT2D eigenvalue weighted by Gasteiger charge is -2.17. The summed E-state index contributed by atoms with van der Waals surface area (Å²) >= 11 is 28.6. The molecule has 0 aliphatic rings. The van der Waals surface area contributed by atoms with E-state index in [1.54, 1.807) is 0 Å². The van der Waals surface area contributed by atoms with Gasteiger partial charge in [-0.2, -0.15) is 0 Å². The Bertz CT molecular complexity index is 745. The van der Waals surface area contributed by atoms with E-state index in [1.165, 1.54) is 0 Å². The van der Waals surface area contributed by atoms with Crippen molar-refractivity contribution in [2.24, 2.45) is 0 Å². The molecule has 0 amide bonds. The Labute approximate surface area is 155 Å². The number of rotatable bonds is 4. The lowest BCUT2D eigenvalue weighted by Crippen LogP contribution is -2.27. The zero-order valence-corrected chi connectivity index (χ0v) is 15.8. The normalized spacial score (nSPS) is 13.8. The quantitative estimate of drug-likeness (QED) is 0.173. The molecule has 0 heterocycles. The van der Waals surface area contributed by atoms with Crippen molar-refractivity contribution in [3.8, 4) is 0 Å². The van der Waals surface area contributed by atoms with Crippen molar-refractivity contribution in [1.29, 1.82) is 0 Å². The summed E-state index contributed by atoms with van der Waals surface area (Å²) in [5.41, 5.74) is -2.51. The second kappa shape index (κ2) is 7.75. The van der Waals surface area contributed by atoms with Gasteiger partial charge in [0.05, 0.1) is 25.7 Å². The van der Waals surface area contributed by atoms with Gasteiger partial charge in [0.2, 0.25) is 0 Å². The van der Waals surface area contributed by atoms with Crippen molar-refractivity contribution in [1.82, 2.24) is 0 Å². The van der Waals surface area contributed by atoms with Crippen LogP contribution in [0.4, 0.5) is 0 Å². The molecule has 0 fully saturated rings. The van der Waals surface area contributed by atoms with Crippen LogP contribution in [0.5, 0.6) is 0 Å². The first-order chi connectivity index (χ1) is 9.28. The maximum Gasteiger partial charge on any atom is 0.547 e. The van der Waals surface area contributed by atoms with E-state index in [2.05, 4.69) is 0 Å². The minimum absolute atomic E-state index is 0. The van der Waals surface area contributed by atoms with E-state index >= 15 is 0 Å². The Morgan fingerprint density at radius 3 is 1.82 bits per heavy atom. The van der Waals surface area contributed by atoms with Crippen LogP contribution in [-0.4, -0.2) is 26.9 Å². The zero-order valence-electron chi connectivity index (χ0n) is 9.67. The molecule has 128 valence electrons. The molecule has 7 nitrogen and oxygen atoms in total. The second-order valence-electron chi connectivity index (χ2n) is 3.29. The summed E-state index contributed by atoms with van der Waals surface area (Å²) < 4.78 is 54.0. The highest BCUT2D eigenvalue weighted by atomic mass is 35.7. The molecule has 0 aromatic heterocycles. The number of alkyl halides is 1. The second-order valence-corrected chi connectivity index (χ2v) is 8.93. The standard InChI is InChI=1S/C7H2Cl6O6S2.H2O/c8-3-1-2(4(9)6(11)5(3)10)7(12)19(20(13,14)15)21(16,17)18;/h1,7H;1H2. The highest BCUT2D eigenvalue weighted by Gasteiger charge is 2.47. The van der Waals surface area contributed by atoms with Crippen molar-refractivity contribution in [2.45, 2.75) is 5.56 Å². The molecule has 22 heavy (non-hydrogen) atoms. The van der Waals surface area contributed by atoms with E-state index in [-0.39, 0.29) is 31.1 Å². The minimum atomic E-state index is -5.40. The summed E-state index contributed by atoms with van der Waals surface area (Å²) in [5.74, 6) is 0. The van der Waals surface area contributed by atoms with Gasteiger partial charge in [-0.05, 0) is 17.7 Å². The van der Waals surface area contributed by atoms with Crippen molar-refractivity contribution >= 4 is 88.4 Å². The van der Waals surface area contributed by atoms with Crippen molar-refractivity contribution in [2.75, 3.05) is 0 Å². The van der Waals surface area contributed by atoms with Crippen LogP contribution in [0.1, 0.15) is 11.1 Å². The molecule has 1 aromatic rings.